The van der Waals surface area contributed by atoms with Gasteiger partial charge in [-0.1, -0.05) is 18.2 Å². The van der Waals surface area contributed by atoms with Crippen LogP contribution in [-0.2, 0) is 0 Å². The first-order valence-corrected chi connectivity index (χ1v) is 6.89. The fourth-order valence-corrected chi connectivity index (χ4v) is 1.90. The van der Waals surface area contributed by atoms with E-state index in [-0.39, 0.29) is 17.2 Å². The minimum Gasteiger partial charge on any atom is -0.455 e. The molecule has 0 fully saturated rings. The van der Waals surface area contributed by atoms with E-state index in [0.29, 0.717) is 17.2 Å². The Morgan fingerprint density at radius 1 is 1.25 bits per heavy atom. The second kappa shape index (κ2) is 7.02. The standard InChI is InChI=1S/C16H11FN6O/c17-12-4-3-5-13(8-12)24-15-7-2-1-6-14(15)19-10-11(9-18)16-20-22-23-21-16/h1-8,10,19H,(H,20,21,22,23). The second-order valence-electron chi connectivity index (χ2n) is 4.61. The van der Waals surface area contributed by atoms with Gasteiger partial charge in [-0.15, -0.1) is 10.2 Å². The first-order valence-electron chi connectivity index (χ1n) is 6.89. The fourth-order valence-electron chi connectivity index (χ4n) is 1.90. The van der Waals surface area contributed by atoms with Crippen LogP contribution in [0, 0.1) is 17.1 Å². The molecule has 2 N–H and O–H groups in total. The highest BCUT2D eigenvalue weighted by molar-refractivity contribution is 5.74. The Morgan fingerprint density at radius 3 is 2.88 bits per heavy atom. The van der Waals surface area contributed by atoms with Crippen molar-refractivity contribution in [3.8, 4) is 17.6 Å². The molecule has 0 atom stereocenters. The topological polar surface area (TPSA) is 99.5 Å². The van der Waals surface area contributed by atoms with Gasteiger partial charge in [0.05, 0.1) is 5.69 Å². The summed E-state index contributed by atoms with van der Waals surface area (Å²) in [6.45, 7) is 0. The molecule has 0 aliphatic heterocycles. The van der Waals surface area contributed by atoms with E-state index in [1.807, 2.05) is 6.07 Å². The Bertz CT molecular complexity index is 901. The van der Waals surface area contributed by atoms with Gasteiger partial charge in [-0.05, 0) is 29.5 Å². The van der Waals surface area contributed by atoms with Crippen molar-refractivity contribution in [1.82, 2.24) is 20.6 Å². The van der Waals surface area contributed by atoms with Crippen LogP contribution in [-0.4, -0.2) is 20.6 Å². The van der Waals surface area contributed by atoms with Gasteiger partial charge in [0.25, 0.3) is 0 Å². The van der Waals surface area contributed by atoms with E-state index in [2.05, 4.69) is 25.9 Å². The van der Waals surface area contributed by atoms with Gasteiger partial charge in [0, 0.05) is 12.3 Å². The summed E-state index contributed by atoms with van der Waals surface area (Å²) in [6.07, 6.45) is 1.44. The molecule has 0 spiro atoms. The number of anilines is 1. The van der Waals surface area contributed by atoms with E-state index in [9.17, 15) is 4.39 Å². The number of H-pyrrole nitrogens is 1. The average molecular weight is 322 g/mol. The number of nitrogens with one attached hydrogen (secondary N) is 2. The van der Waals surface area contributed by atoms with E-state index in [0.717, 1.165) is 0 Å². The third kappa shape index (κ3) is 3.53. The van der Waals surface area contributed by atoms with Gasteiger partial charge in [-0.25, -0.2) is 4.39 Å². The Morgan fingerprint density at radius 2 is 2.12 bits per heavy atom. The van der Waals surface area contributed by atoms with Crippen molar-refractivity contribution in [3.05, 3.63) is 66.4 Å². The number of para-hydroxylation sites is 2. The lowest BCUT2D eigenvalue weighted by molar-refractivity contribution is 0.479. The van der Waals surface area contributed by atoms with Crippen molar-refractivity contribution in [2.45, 2.75) is 0 Å². The predicted molar refractivity (Wildman–Crippen MR) is 84.3 cm³/mol. The molecule has 2 aromatic carbocycles. The maximum Gasteiger partial charge on any atom is 0.216 e. The van der Waals surface area contributed by atoms with Crippen molar-refractivity contribution in [3.63, 3.8) is 0 Å². The molecule has 0 amide bonds. The number of nitriles is 1. The van der Waals surface area contributed by atoms with Gasteiger partial charge in [0.2, 0.25) is 5.82 Å². The van der Waals surface area contributed by atoms with Gasteiger partial charge in [-0.2, -0.15) is 10.5 Å². The number of rotatable bonds is 5. The molecule has 0 radical (unpaired) electrons. The molecule has 3 rings (SSSR count). The first kappa shape index (κ1) is 15.2. The Hall–Kier alpha value is -3.73. The van der Waals surface area contributed by atoms with Gasteiger partial charge >= 0.3 is 0 Å². The van der Waals surface area contributed by atoms with Crippen LogP contribution in [0.15, 0.2) is 54.7 Å². The van der Waals surface area contributed by atoms with E-state index >= 15 is 0 Å². The van der Waals surface area contributed by atoms with E-state index in [1.165, 1.54) is 18.3 Å². The molecule has 0 bridgehead atoms. The lowest BCUT2D eigenvalue weighted by Gasteiger charge is -2.11. The summed E-state index contributed by atoms with van der Waals surface area (Å²) < 4.78 is 18.9. The molecule has 0 saturated heterocycles. The van der Waals surface area contributed by atoms with Crippen molar-refractivity contribution in [1.29, 1.82) is 5.26 Å². The number of aromatic nitrogens is 4. The van der Waals surface area contributed by atoms with E-state index in [4.69, 9.17) is 10.00 Å². The number of aromatic amines is 1. The Balaban J connectivity index is 1.83. The minimum atomic E-state index is -0.387. The molecular formula is C16H11FN6O. The predicted octanol–water partition coefficient (Wildman–Crippen LogP) is 3.11. The van der Waals surface area contributed by atoms with Crippen molar-refractivity contribution in [2.24, 2.45) is 0 Å². The SMILES string of the molecule is N#CC(=CNc1ccccc1Oc1cccc(F)c1)c1nn[nH]n1. The van der Waals surface area contributed by atoms with Crippen LogP contribution in [0.3, 0.4) is 0 Å². The maximum atomic E-state index is 13.3. The van der Waals surface area contributed by atoms with Crippen LogP contribution in [0.1, 0.15) is 5.82 Å². The summed E-state index contributed by atoms with van der Waals surface area (Å²) >= 11 is 0. The zero-order chi connectivity index (χ0) is 16.8. The number of allylic oxidation sites excluding steroid dienone is 1. The number of halogens is 1. The number of benzene rings is 2. The van der Waals surface area contributed by atoms with Crippen molar-refractivity contribution < 1.29 is 9.13 Å². The highest BCUT2D eigenvalue weighted by Gasteiger charge is 2.08. The van der Waals surface area contributed by atoms with Crippen LogP contribution in [0.2, 0.25) is 0 Å². The molecule has 1 aromatic heterocycles. The van der Waals surface area contributed by atoms with Gasteiger partial charge < -0.3 is 10.1 Å². The molecule has 0 aliphatic rings. The molecule has 0 saturated carbocycles. The number of ether oxygens (including phenoxy) is 1. The normalized spacial score (nSPS) is 10.9. The smallest absolute Gasteiger partial charge is 0.216 e. The Kier molecular flexibility index (Phi) is 4.44. The summed E-state index contributed by atoms with van der Waals surface area (Å²) in [7, 11) is 0. The van der Waals surface area contributed by atoms with Crippen LogP contribution >= 0.6 is 0 Å². The van der Waals surface area contributed by atoms with Crippen molar-refractivity contribution >= 4 is 11.3 Å². The molecular weight excluding hydrogens is 311 g/mol. The molecule has 118 valence electrons. The van der Waals surface area contributed by atoms with Crippen molar-refractivity contribution in [2.75, 3.05) is 5.32 Å². The van der Waals surface area contributed by atoms with Gasteiger partial charge in [0.1, 0.15) is 23.2 Å². The molecule has 3 aromatic rings. The van der Waals surface area contributed by atoms with E-state index < -0.39 is 0 Å². The molecule has 1 heterocycles. The van der Waals surface area contributed by atoms with Gasteiger partial charge in [0.15, 0.2) is 5.75 Å². The Labute approximate surface area is 136 Å². The van der Waals surface area contributed by atoms with Gasteiger partial charge in [-0.3, -0.25) is 0 Å². The summed E-state index contributed by atoms with van der Waals surface area (Å²) in [6, 6.07) is 14.9. The highest BCUT2D eigenvalue weighted by atomic mass is 19.1. The third-order valence-corrected chi connectivity index (χ3v) is 2.99. The quantitative estimate of drug-likeness (QED) is 0.700. The second-order valence-corrected chi connectivity index (χ2v) is 4.61. The number of tetrazole rings is 1. The summed E-state index contributed by atoms with van der Waals surface area (Å²) in [5.41, 5.74) is 0.794. The molecule has 7 nitrogen and oxygen atoms in total. The lowest BCUT2D eigenvalue weighted by Crippen LogP contribution is -1.95. The van der Waals surface area contributed by atoms with E-state index in [1.54, 1.807) is 36.4 Å². The summed E-state index contributed by atoms with van der Waals surface area (Å²) in [4.78, 5) is 0. The van der Waals surface area contributed by atoms with Crippen LogP contribution in [0.25, 0.3) is 5.57 Å². The highest BCUT2D eigenvalue weighted by Crippen LogP contribution is 2.29. The lowest BCUT2D eigenvalue weighted by atomic mass is 10.2. The average Bonchev–Trinajstić information content (AvgIpc) is 3.11. The first-order chi connectivity index (χ1) is 11.8. The minimum absolute atomic E-state index is 0.175. The summed E-state index contributed by atoms with van der Waals surface area (Å²) in [5, 5.41) is 25.3. The largest absolute Gasteiger partial charge is 0.455 e. The number of hydrogen-bond acceptors (Lipinski definition) is 6. The fraction of sp³-hybridized carbons (Fsp3) is 0. The molecule has 24 heavy (non-hydrogen) atoms. The summed E-state index contributed by atoms with van der Waals surface area (Å²) in [5.74, 6) is 0.631. The van der Waals surface area contributed by atoms with Crippen LogP contribution < -0.4 is 10.1 Å². The third-order valence-electron chi connectivity index (χ3n) is 2.99. The zero-order valence-corrected chi connectivity index (χ0v) is 12.3. The monoisotopic (exact) mass is 322 g/mol. The number of nitrogens with zero attached hydrogens (tertiary/aromatic N) is 4. The van der Waals surface area contributed by atoms with Crippen LogP contribution in [0.4, 0.5) is 10.1 Å². The molecule has 8 heteroatoms. The molecule has 0 aliphatic carbocycles. The van der Waals surface area contributed by atoms with Crippen LogP contribution in [0.5, 0.6) is 11.5 Å². The zero-order valence-electron chi connectivity index (χ0n) is 12.3. The number of hydrogen-bond donors (Lipinski definition) is 2. The maximum absolute atomic E-state index is 13.3. The molecule has 0 unspecified atom stereocenters.